The van der Waals surface area contributed by atoms with E-state index < -0.39 is 0 Å². The van der Waals surface area contributed by atoms with Gasteiger partial charge in [0, 0.05) is 29.0 Å². The largest absolute Gasteiger partial charge is 0.380 e. The Bertz CT molecular complexity index is 1140. The molecule has 1 N–H and O–H groups in total. The van der Waals surface area contributed by atoms with Crippen LogP contribution in [0, 0.1) is 5.82 Å². The Hall–Kier alpha value is -2.84. The maximum absolute atomic E-state index is 14.3. The molecule has 0 aliphatic carbocycles. The lowest BCUT2D eigenvalue weighted by atomic mass is 10.1. The molecule has 3 aromatic heterocycles. The first-order valence-electron chi connectivity index (χ1n) is 8.39. The molecule has 27 heavy (non-hydrogen) atoms. The molecule has 6 nitrogen and oxygen atoms in total. The van der Waals surface area contributed by atoms with Crippen molar-refractivity contribution < 1.29 is 13.9 Å². The summed E-state index contributed by atoms with van der Waals surface area (Å²) in [5, 5.41) is 11.7. The van der Waals surface area contributed by atoms with Crippen LogP contribution < -0.4 is 5.32 Å². The summed E-state index contributed by atoms with van der Waals surface area (Å²) >= 11 is 1.25. The van der Waals surface area contributed by atoms with Gasteiger partial charge in [-0.1, -0.05) is 12.1 Å². The quantitative estimate of drug-likeness (QED) is 0.569. The minimum absolute atomic E-state index is 0.159. The van der Waals surface area contributed by atoms with Gasteiger partial charge in [-0.25, -0.2) is 4.39 Å². The Morgan fingerprint density at radius 2 is 2.15 bits per heavy atom. The fraction of sp³-hybridized carbons (Fsp3) is 0.211. The molecule has 1 aromatic carbocycles. The molecule has 1 unspecified atom stereocenters. The highest BCUT2D eigenvalue weighted by Crippen LogP contribution is 2.34. The van der Waals surface area contributed by atoms with Crippen molar-refractivity contribution in [2.24, 2.45) is 0 Å². The lowest BCUT2D eigenvalue weighted by molar-refractivity contribution is 0.0938. The molecule has 0 bridgehead atoms. The molecular weight excluding hydrogens is 367 g/mol. The Kier molecular flexibility index (Phi) is 4.59. The molecule has 0 fully saturated rings. The number of halogens is 1. The molecule has 0 aliphatic rings. The lowest BCUT2D eigenvalue weighted by Gasteiger charge is -2.12. The number of hydrogen-bond donors (Lipinski definition) is 1. The van der Waals surface area contributed by atoms with Crippen LogP contribution in [0.1, 0.15) is 34.0 Å². The van der Waals surface area contributed by atoms with Crippen LogP contribution >= 0.6 is 11.3 Å². The molecule has 8 heteroatoms. The fourth-order valence-electron chi connectivity index (χ4n) is 3.11. The zero-order chi connectivity index (χ0) is 19.0. The summed E-state index contributed by atoms with van der Waals surface area (Å²) in [6.45, 7) is 2.00. The SMILES string of the molecule is COCc1c(C(=O)NC(C)c2nnc3ccccn23)sc2cccc(F)c12. The number of nitrogens with one attached hydrogen (secondary N) is 1. The predicted octanol–water partition coefficient (Wildman–Crippen LogP) is 3.72. The second-order valence-corrected chi connectivity index (χ2v) is 7.19. The molecule has 1 atom stereocenters. The van der Waals surface area contributed by atoms with Gasteiger partial charge in [0.2, 0.25) is 0 Å². The summed E-state index contributed by atoms with van der Waals surface area (Å²) in [6.07, 6.45) is 1.85. The topological polar surface area (TPSA) is 68.5 Å². The third-order valence-corrected chi connectivity index (χ3v) is 5.53. The van der Waals surface area contributed by atoms with Crippen LogP contribution in [0.5, 0.6) is 0 Å². The molecule has 138 valence electrons. The van der Waals surface area contributed by atoms with Gasteiger partial charge in [-0.2, -0.15) is 0 Å². The minimum atomic E-state index is -0.375. The number of fused-ring (bicyclic) bond motifs is 2. The van der Waals surface area contributed by atoms with Gasteiger partial charge in [0.25, 0.3) is 5.91 Å². The second kappa shape index (κ2) is 7.05. The second-order valence-electron chi connectivity index (χ2n) is 6.14. The smallest absolute Gasteiger partial charge is 0.262 e. The van der Waals surface area contributed by atoms with E-state index in [1.807, 2.05) is 35.7 Å². The van der Waals surface area contributed by atoms with E-state index in [0.717, 1.165) is 0 Å². The van der Waals surface area contributed by atoms with Crippen LogP contribution in [0.15, 0.2) is 42.6 Å². The van der Waals surface area contributed by atoms with Gasteiger partial charge in [0.05, 0.1) is 17.5 Å². The Labute approximate surface area is 158 Å². The van der Waals surface area contributed by atoms with Gasteiger partial charge in [0.15, 0.2) is 11.5 Å². The molecule has 0 saturated carbocycles. The van der Waals surface area contributed by atoms with Gasteiger partial charge in [-0.05, 0) is 31.2 Å². The number of benzene rings is 1. The summed E-state index contributed by atoms with van der Waals surface area (Å²) in [6, 6.07) is 10.0. The molecule has 4 rings (SSSR count). The average molecular weight is 384 g/mol. The number of carbonyl (C=O) groups is 1. The van der Waals surface area contributed by atoms with Crippen LogP contribution in [-0.2, 0) is 11.3 Å². The van der Waals surface area contributed by atoms with Crippen molar-refractivity contribution in [3.8, 4) is 0 Å². The zero-order valence-corrected chi connectivity index (χ0v) is 15.6. The number of pyridine rings is 1. The maximum Gasteiger partial charge on any atom is 0.262 e. The van der Waals surface area contributed by atoms with Gasteiger partial charge < -0.3 is 10.1 Å². The van der Waals surface area contributed by atoms with Crippen LogP contribution in [0.2, 0.25) is 0 Å². The number of ether oxygens (including phenoxy) is 1. The van der Waals surface area contributed by atoms with Crippen molar-refractivity contribution in [2.45, 2.75) is 19.6 Å². The van der Waals surface area contributed by atoms with Crippen LogP contribution in [0.25, 0.3) is 15.7 Å². The number of aromatic nitrogens is 3. The molecule has 0 aliphatic heterocycles. The molecule has 1 amide bonds. The highest BCUT2D eigenvalue weighted by Gasteiger charge is 2.23. The van der Waals surface area contributed by atoms with Crippen molar-refractivity contribution in [1.29, 1.82) is 0 Å². The first-order chi connectivity index (χ1) is 13.1. The third-order valence-electron chi connectivity index (χ3n) is 4.33. The normalized spacial score (nSPS) is 12.6. The molecule has 0 radical (unpaired) electrons. The number of hydrogen-bond acceptors (Lipinski definition) is 5. The van der Waals surface area contributed by atoms with Crippen molar-refractivity contribution in [2.75, 3.05) is 7.11 Å². The van der Waals surface area contributed by atoms with E-state index in [1.165, 1.54) is 24.5 Å². The first kappa shape index (κ1) is 17.6. The minimum Gasteiger partial charge on any atom is -0.380 e. The number of amides is 1. The summed E-state index contributed by atoms with van der Waals surface area (Å²) < 4.78 is 22.1. The van der Waals surface area contributed by atoms with E-state index in [9.17, 15) is 9.18 Å². The Balaban J connectivity index is 1.68. The van der Waals surface area contributed by atoms with Gasteiger partial charge in [0.1, 0.15) is 5.82 Å². The van der Waals surface area contributed by atoms with Crippen molar-refractivity contribution >= 4 is 33.0 Å². The van der Waals surface area contributed by atoms with E-state index in [4.69, 9.17) is 4.74 Å². The molecular formula is C19H17FN4O2S. The van der Waals surface area contributed by atoms with E-state index in [0.29, 0.717) is 32.0 Å². The van der Waals surface area contributed by atoms with E-state index in [2.05, 4.69) is 15.5 Å². The zero-order valence-electron chi connectivity index (χ0n) is 14.8. The molecule has 0 saturated heterocycles. The molecule has 4 aromatic rings. The predicted molar refractivity (Wildman–Crippen MR) is 101 cm³/mol. The number of nitrogens with zero attached hydrogens (tertiary/aromatic N) is 3. The van der Waals surface area contributed by atoms with E-state index in [1.54, 1.807) is 12.1 Å². The molecule has 0 spiro atoms. The molecule has 3 heterocycles. The van der Waals surface area contributed by atoms with Gasteiger partial charge >= 0.3 is 0 Å². The number of carbonyl (C=O) groups excluding carboxylic acids is 1. The maximum atomic E-state index is 14.3. The first-order valence-corrected chi connectivity index (χ1v) is 9.21. The fourth-order valence-corrected chi connectivity index (χ4v) is 4.24. The Morgan fingerprint density at radius 1 is 1.30 bits per heavy atom. The summed E-state index contributed by atoms with van der Waals surface area (Å²) in [4.78, 5) is 13.4. The van der Waals surface area contributed by atoms with E-state index >= 15 is 0 Å². The highest BCUT2D eigenvalue weighted by molar-refractivity contribution is 7.21. The highest BCUT2D eigenvalue weighted by atomic mass is 32.1. The average Bonchev–Trinajstić information content (AvgIpc) is 3.25. The van der Waals surface area contributed by atoms with Crippen LogP contribution in [0.4, 0.5) is 4.39 Å². The van der Waals surface area contributed by atoms with E-state index in [-0.39, 0.29) is 24.4 Å². The van der Waals surface area contributed by atoms with Crippen molar-refractivity contribution in [3.63, 3.8) is 0 Å². The van der Waals surface area contributed by atoms with Crippen LogP contribution in [0.3, 0.4) is 0 Å². The standard InChI is InChI=1S/C19H17FN4O2S/c1-11(18-23-22-15-8-3-4-9-24(15)18)21-19(25)17-12(10-26-2)16-13(20)6-5-7-14(16)27-17/h3-9,11H,10H2,1-2H3,(H,21,25). The van der Waals surface area contributed by atoms with Crippen LogP contribution in [-0.4, -0.2) is 27.6 Å². The van der Waals surface area contributed by atoms with Gasteiger partial charge in [-0.3, -0.25) is 9.20 Å². The summed E-state index contributed by atoms with van der Waals surface area (Å²) in [5.41, 5.74) is 1.27. The summed E-state index contributed by atoms with van der Waals surface area (Å²) in [5.74, 6) is -0.0197. The van der Waals surface area contributed by atoms with Crippen molar-refractivity contribution in [1.82, 2.24) is 19.9 Å². The third kappa shape index (κ3) is 3.07. The monoisotopic (exact) mass is 384 g/mol. The van der Waals surface area contributed by atoms with Crippen molar-refractivity contribution in [3.05, 3.63) is 64.7 Å². The summed E-state index contributed by atoms with van der Waals surface area (Å²) in [7, 11) is 1.52. The number of thiophene rings is 1. The number of rotatable bonds is 5. The lowest BCUT2D eigenvalue weighted by Crippen LogP contribution is -2.28. The number of methoxy groups -OCH3 is 1. The Morgan fingerprint density at radius 3 is 2.96 bits per heavy atom. The van der Waals surface area contributed by atoms with Gasteiger partial charge in [-0.15, -0.1) is 21.5 Å².